The monoisotopic (exact) mass is 500 g/mol. The molecule has 0 aromatic heterocycles. The van der Waals surface area contributed by atoms with Gasteiger partial charge in [-0.25, -0.2) is 0 Å². The van der Waals surface area contributed by atoms with Gasteiger partial charge in [-0.15, -0.1) is 23.2 Å². The van der Waals surface area contributed by atoms with E-state index in [-0.39, 0.29) is 26.2 Å². The largest absolute Gasteiger partial charge is 0.109 e. The Morgan fingerprint density at radius 1 is 0.586 bits per heavy atom. The molecule has 0 nitrogen and oxygen atoms in total. The maximum Gasteiger partial charge on any atom is 0.0914 e. The molecule has 0 saturated heterocycles. The Morgan fingerprint density at radius 3 is 1.24 bits per heavy atom. The quantitative estimate of drug-likeness (QED) is 0.372. The number of hydrogen-bond donors (Lipinski definition) is 0. The van der Waals surface area contributed by atoms with Crippen LogP contribution in [0.3, 0.4) is 0 Å². The predicted octanol–water partition coefficient (Wildman–Crippen LogP) is 8.10. The second-order valence-corrected chi connectivity index (χ2v) is 10.0. The minimum Gasteiger partial charge on any atom is -0.109 e. The van der Waals surface area contributed by atoms with Crippen molar-refractivity contribution < 1.29 is 26.2 Å². The molecule has 2 aromatic carbocycles. The van der Waals surface area contributed by atoms with Crippen molar-refractivity contribution in [2.45, 2.75) is 64.1 Å². The molecule has 2 unspecified atom stereocenters. The van der Waals surface area contributed by atoms with Crippen molar-refractivity contribution in [3.05, 3.63) is 79.9 Å². The Hall–Kier alpha value is -0.617. The molecule has 0 spiro atoms. The van der Waals surface area contributed by atoms with Crippen molar-refractivity contribution in [2.75, 3.05) is 0 Å². The fourth-order valence-corrected chi connectivity index (χ4v) is 5.93. The predicted molar refractivity (Wildman–Crippen MR) is 123 cm³/mol. The normalized spacial score (nSPS) is 24.6. The summed E-state index contributed by atoms with van der Waals surface area (Å²) in [4.78, 5) is -0.956. The van der Waals surface area contributed by atoms with E-state index < -0.39 is 9.75 Å². The second kappa shape index (κ2) is 7.82. The van der Waals surface area contributed by atoms with E-state index in [1.807, 2.05) is 0 Å². The summed E-state index contributed by atoms with van der Waals surface area (Å²) in [6.45, 7) is 13.0. The molecule has 0 radical (unpaired) electrons. The van der Waals surface area contributed by atoms with Crippen molar-refractivity contribution in [2.24, 2.45) is 0 Å². The number of aryl methyl sites for hydroxylation is 4. The van der Waals surface area contributed by atoms with Gasteiger partial charge in [0.15, 0.2) is 0 Å². The average Bonchev–Trinajstić information content (AvgIpc) is 3.07. The first-order chi connectivity index (χ1) is 13.1. The molecule has 0 fully saturated rings. The number of benzene rings is 2. The van der Waals surface area contributed by atoms with E-state index >= 15 is 0 Å². The van der Waals surface area contributed by atoms with Crippen molar-refractivity contribution in [3.8, 4) is 0 Å². The summed E-state index contributed by atoms with van der Waals surface area (Å²) in [7, 11) is 0. The molecule has 0 aliphatic heterocycles. The van der Waals surface area contributed by atoms with Gasteiger partial charge in [-0.05, 0) is 110 Å². The van der Waals surface area contributed by atoms with Gasteiger partial charge >= 0.3 is 0 Å². The van der Waals surface area contributed by atoms with Gasteiger partial charge in [0, 0.05) is 26.2 Å². The molecule has 0 N–H and O–H groups in total. The van der Waals surface area contributed by atoms with Gasteiger partial charge in [0.05, 0.1) is 9.75 Å². The summed E-state index contributed by atoms with van der Waals surface area (Å²) in [5, 5.41) is 0. The zero-order valence-electron chi connectivity index (χ0n) is 18.1. The summed E-state index contributed by atoms with van der Waals surface area (Å²) < 4.78 is 0. The topological polar surface area (TPSA) is 0 Å². The first-order valence-corrected chi connectivity index (χ1v) is 10.8. The van der Waals surface area contributed by atoms with E-state index in [0.29, 0.717) is 0 Å². The van der Waals surface area contributed by atoms with Crippen LogP contribution in [0.1, 0.15) is 71.2 Å². The fraction of sp³-hybridized carbons (Fsp3) is 0.385. The van der Waals surface area contributed by atoms with E-state index in [0.717, 1.165) is 12.8 Å². The Bertz CT molecular complexity index is 977. The van der Waals surface area contributed by atoms with Crippen LogP contribution in [-0.2, 0) is 36.0 Å². The number of alkyl halides is 2. The maximum atomic E-state index is 7.37. The molecule has 29 heavy (non-hydrogen) atoms. The summed E-state index contributed by atoms with van der Waals surface area (Å²) in [6, 6.07) is 8.77. The molecule has 3 heteroatoms. The third-order valence-corrected chi connectivity index (χ3v) is 8.27. The Kier molecular flexibility index (Phi) is 6.21. The number of rotatable bonds is 3. The SMILES string of the molecule is CC1=Cc2c(C)ccc(C)c2C1(Cl)CCC1(Cl)C(C)=Cc2c(C)ccc(C)c21.[Zr]. The number of halogens is 2. The van der Waals surface area contributed by atoms with Gasteiger partial charge in [0.2, 0.25) is 0 Å². The molecule has 2 aliphatic carbocycles. The molecule has 0 amide bonds. The minimum absolute atomic E-state index is 0. The Labute approximate surface area is 204 Å². The van der Waals surface area contributed by atoms with Crippen LogP contribution >= 0.6 is 23.2 Å². The third kappa shape index (κ3) is 3.37. The van der Waals surface area contributed by atoms with Crippen molar-refractivity contribution >= 4 is 35.4 Å². The summed E-state index contributed by atoms with van der Waals surface area (Å²) in [6.07, 6.45) is 6.17. The molecule has 0 bridgehead atoms. The molecule has 150 valence electrons. The molecule has 2 aliphatic rings. The Morgan fingerprint density at radius 2 is 0.897 bits per heavy atom. The second-order valence-electron chi connectivity index (χ2n) is 8.73. The fourth-order valence-electron chi connectivity index (χ4n) is 5.13. The summed E-state index contributed by atoms with van der Waals surface area (Å²) in [5.41, 5.74) is 12.7. The van der Waals surface area contributed by atoms with Crippen molar-refractivity contribution in [3.63, 3.8) is 0 Å². The molecule has 0 heterocycles. The summed E-state index contributed by atoms with van der Waals surface area (Å²) >= 11 is 14.7. The van der Waals surface area contributed by atoms with E-state index in [4.69, 9.17) is 23.2 Å². The zero-order valence-corrected chi connectivity index (χ0v) is 22.1. The van der Waals surface area contributed by atoms with Gasteiger partial charge in [-0.2, -0.15) is 0 Å². The first-order valence-electron chi connectivity index (χ1n) is 10.1. The zero-order chi connectivity index (χ0) is 20.4. The van der Waals surface area contributed by atoms with Crippen LogP contribution in [0.25, 0.3) is 12.2 Å². The van der Waals surface area contributed by atoms with Crippen LogP contribution in [0, 0.1) is 27.7 Å². The van der Waals surface area contributed by atoms with Crippen molar-refractivity contribution in [1.29, 1.82) is 0 Å². The minimum atomic E-state index is -0.478. The number of allylic oxidation sites excluding steroid dienone is 2. The molecular formula is C26H28Cl2Zr. The van der Waals surface area contributed by atoms with Crippen LogP contribution < -0.4 is 0 Å². The standard InChI is InChI=1S/C26H28Cl2.Zr/c1-15-7-9-17(3)23-21(15)13-19(5)25(23,27)11-12-26(28)20(6)14-22-16(2)8-10-18(4)24(22)26;/h7-10,13-14H,11-12H2,1-6H3;. The average molecular weight is 503 g/mol. The van der Waals surface area contributed by atoms with Crippen LogP contribution in [0.15, 0.2) is 35.4 Å². The van der Waals surface area contributed by atoms with E-state index in [9.17, 15) is 0 Å². The van der Waals surface area contributed by atoms with E-state index in [2.05, 4.69) is 78.0 Å². The molecule has 2 aromatic rings. The Balaban J connectivity index is 0.00000240. The molecule has 4 rings (SSSR count). The van der Waals surface area contributed by atoms with Gasteiger partial charge in [-0.3, -0.25) is 0 Å². The van der Waals surface area contributed by atoms with E-state index in [1.54, 1.807) is 0 Å². The van der Waals surface area contributed by atoms with Crippen molar-refractivity contribution in [1.82, 2.24) is 0 Å². The van der Waals surface area contributed by atoms with Gasteiger partial charge < -0.3 is 0 Å². The van der Waals surface area contributed by atoms with Crippen LogP contribution in [0.2, 0.25) is 0 Å². The molecule has 0 saturated carbocycles. The van der Waals surface area contributed by atoms with Crippen LogP contribution in [-0.4, -0.2) is 0 Å². The number of hydrogen-bond acceptors (Lipinski definition) is 0. The summed E-state index contributed by atoms with van der Waals surface area (Å²) in [5.74, 6) is 0. The van der Waals surface area contributed by atoms with Crippen LogP contribution in [0.4, 0.5) is 0 Å². The van der Waals surface area contributed by atoms with Gasteiger partial charge in [0.1, 0.15) is 0 Å². The molecular weight excluding hydrogens is 474 g/mol. The first kappa shape index (κ1) is 23.1. The maximum absolute atomic E-state index is 7.37. The third-order valence-electron chi connectivity index (χ3n) is 6.92. The van der Waals surface area contributed by atoms with Gasteiger partial charge in [-0.1, -0.05) is 36.4 Å². The molecule has 2 atom stereocenters. The van der Waals surface area contributed by atoms with Gasteiger partial charge in [0.25, 0.3) is 0 Å². The van der Waals surface area contributed by atoms with E-state index in [1.165, 1.54) is 55.7 Å². The smallest absolute Gasteiger partial charge is 0.0914 e. The number of fused-ring (bicyclic) bond motifs is 2. The van der Waals surface area contributed by atoms with Crippen LogP contribution in [0.5, 0.6) is 0 Å².